The number of hydrogen-bond donors (Lipinski definition) is 1. The van der Waals surface area contributed by atoms with Gasteiger partial charge >= 0.3 is 0 Å². The van der Waals surface area contributed by atoms with Gasteiger partial charge in [0.05, 0.1) is 0 Å². The van der Waals surface area contributed by atoms with Crippen molar-refractivity contribution in [2.45, 2.75) is 46.1 Å². The Kier molecular flexibility index (Phi) is 6.04. The van der Waals surface area contributed by atoms with Gasteiger partial charge in [-0.2, -0.15) is 17.0 Å². The van der Waals surface area contributed by atoms with Crippen molar-refractivity contribution in [1.82, 2.24) is 8.61 Å². The zero-order valence-electron chi connectivity index (χ0n) is 11.7. The summed E-state index contributed by atoms with van der Waals surface area (Å²) < 4.78 is 28.1. The molecule has 0 aromatic rings. The molecule has 0 unspecified atom stereocenters. The van der Waals surface area contributed by atoms with Gasteiger partial charge in [-0.1, -0.05) is 6.92 Å². The van der Waals surface area contributed by atoms with Gasteiger partial charge < -0.3 is 5.11 Å². The topological polar surface area (TPSA) is 60.9 Å². The monoisotopic (exact) mass is 278 g/mol. The Bertz CT molecular complexity index is 335. The number of rotatable bonds is 6. The summed E-state index contributed by atoms with van der Waals surface area (Å²) in [5.74, 6) is 0.612. The highest BCUT2D eigenvalue weighted by molar-refractivity contribution is 7.86. The van der Waals surface area contributed by atoms with Gasteiger partial charge in [0.1, 0.15) is 0 Å². The number of piperidine rings is 1. The van der Waals surface area contributed by atoms with Crippen LogP contribution in [0.2, 0.25) is 0 Å². The van der Waals surface area contributed by atoms with Crippen LogP contribution in [-0.4, -0.2) is 54.4 Å². The van der Waals surface area contributed by atoms with Gasteiger partial charge in [0.15, 0.2) is 0 Å². The first-order valence-corrected chi connectivity index (χ1v) is 8.17. The van der Waals surface area contributed by atoms with Crippen molar-refractivity contribution >= 4 is 10.2 Å². The van der Waals surface area contributed by atoms with E-state index in [2.05, 4.69) is 6.92 Å². The van der Waals surface area contributed by atoms with Gasteiger partial charge in [0, 0.05) is 32.3 Å². The molecule has 1 fully saturated rings. The Labute approximate surface area is 111 Å². The van der Waals surface area contributed by atoms with E-state index in [9.17, 15) is 8.42 Å². The molecule has 0 atom stereocenters. The first-order chi connectivity index (χ1) is 8.39. The maximum atomic E-state index is 12.5. The summed E-state index contributed by atoms with van der Waals surface area (Å²) in [5, 5.41) is 8.87. The van der Waals surface area contributed by atoms with Gasteiger partial charge in [-0.15, -0.1) is 0 Å². The standard InChI is InChI=1S/C12H26N2O3S/c1-11(2)14(7-4-10-15)18(16,17)13-8-5-12(3)6-9-13/h11-12,15H,4-10H2,1-3H3. The number of aliphatic hydroxyl groups excluding tert-OH is 1. The summed E-state index contributed by atoms with van der Waals surface area (Å²) in [4.78, 5) is 0. The van der Waals surface area contributed by atoms with Crippen molar-refractivity contribution in [3.05, 3.63) is 0 Å². The van der Waals surface area contributed by atoms with Crippen LogP contribution in [0.1, 0.15) is 40.0 Å². The average molecular weight is 278 g/mol. The Morgan fingerprint density at radius 3 is 2.33 bits per heavy atom. The van der Waals surface area contributed by atoms with E-state index >= 15 is 0 Å². The third-order valence-corrected chi connectivity index (χ3v) is 5.69. The second-order valence-corrected chi connectivity index (χ2v) is 7.25. The summed E-state index contributed by atoms with van der Waals surface area (Å²) in [6, 6.07) is -0.0686. The quantitative estimate of drug-likeness (QED) is 0.790. The highest BCUT2D eigenvalue weighted by atomic mass is 32.2. The molecule has 1 aliphatic heterocycles. The zero-order valence-corrected chi connectivity index (χ0v) is 12.5. The minimum Gasteiger partial charge on any atom is -0.396 e. The summed E-state index contributed by atoms with van der Waals surface area (Å²) >= 11 is 0. The highest BCUT2D eigenvalue weighted by Gasteiger charge is 2.33. The molecule has 0 radical (unpaired) electrons. The Hall–Kier alpha value is -0.170. The van der Waals surface area contributed by atoms with Crippen molar-refractivity contribution in [2.24, 2.45) is 5.92 Å². The van der Waals surface area contributed by atoms with Crippen molar-refractivity contribution in [3.63, 3.8) is 0 Å². The molecule has 1 N–H and O–H groups in total. The van der Waals surface area contributed by atoms with Crippen LogP contribution in [0.25, 0.3) is 0 Å². The minimum absolute atomic E-state index is 0.0236. The van der Waals surface area contributed by atoms with Gasteiger partial charge in [-0.3, -0.25) is 0 Å². The average Bonchev–Trinajstić information content (AvgIpc) is 2.29. The van der Waals surface area contributed by atoms with E-state index in [1.54, 1.807) is 4.31 Å². The fourth-order valence-corrected chi connectivity index (χ4v) is 4.09. The van der Waals surface area contributed by atoms with Crippen molar-refractivity contribution in [1.29, 1.82) is 0 Å². The van der Waals surface area contributed by atoms with Crippen molar-refractivity contribution in [3.8, 4) is 0 Å². The van der Waals surface area contributed by atoms with E-state index in [0.29, 0.717) is 32.0 Å². The Morgan fingerprint density at radius 2 is 1.89 bits per heavy atom. The molecule has 0 spiro atoms. The fraction of sp³-hybridized carbons (Fsp3) is 1.00. The molecule has 0 saturated carbocycles. The molecule has 0 amide bonds. The van der Waals surface area contributed by atoms with Crippen LogP contribution in [0.15, 0.2) is 0 Å². The predicted octanol–water partition coefficient (Wildman–Crippen LogP) is 1.06. The summed E-state index contributed by atoms with van der Waals surface area (Å²) in [5.41, 5.74) is 0. The molecule has 1 saturated heterocycles. The molecule has 108 valence electrons. The number of hydrogen-bond acceptors (Lipinski definition) is 3. The first kappa shape index (κ1) is 15.9. The van der Waals surface area contributed by atoms with E-state index in [-0.39, 0.29) is 12.6 Å². The molecule has 1 rings (SSSR count). The smallest absolute Gasteiger partial charge is 0.282 e. The third kappa shape index (κ3) is 3.91. The van der Waals surface area contributed by atoms with E-state index < -0.39 is 10.2 Å². The molecule has 5 nitrogen and oxygen atoms in total. The van der Waals surface area contributed by atoms with Gasteiger partial charge in [-0.05, 0) is 39.0 Å². The van der Waals surface area contributed by atoms with Gasteiger partial charge in [0.25, 0.3) is 10.2 Å². The summed E-state index contributed by atoms with van der Waals surface area (Å²) in [7, 11) is -3.36. The third-order valence-electron chi connectivity index (χ3n) is 3.48. The van der Waals surface area contributed by atoms with E-state index in [4.69, 9.17) is 5.11 Å². The maximum Gasteiger partial charge on any atom is 0.282 e. The first-order valence-electron chi connectivity index (χ1n) is 6.77. The molecule has 18 heavy (non-hydrogen) atoms. The molecule has 6 heteroatoms. The van der Waals surface area contributed by atoms with Crippen LogP contribution >= 0.6 is 0 Å². The second-order valence-electron chi connectivity index (χ2n) is 5.37. The van der Waals surface area contributed by atoms with Crippen LogP contribution < -0.4 is 0 Å². The van der Waals surface area contributed by atoms with Gasteiger partial charge in [0.2, 0.25) is 0 Å². The van der Waals surface area contributed by atoms with Crippen LogP contribution in [0.3, 0.4) is 0 Å². The maximum absolute atomic E-state index is 12.5. The summed E-state index contributed by atoms with van der Waals surface area (Å²) in [6.45, 7) is 7.56. The van der Waals surface area contributed by atoms with Crippen molar-refractivity contribution < 1.29 is 13.5 Å². The van der Waals surface area contributed by atoms with Crippen LogP contribution in [-0.2, 0) is 10.2 Å². The number of aliphatic hydroxyl groups is 1. The number of nitrogens with zero attached hydrogens (tertiary/aromatic N) is 2. The molecule has 0 aliphatic carbocycles. The molecule has 0 aromatic carbocycles. The highest BCUT2D eigenvalue weighted by Crippen LogP contribution is 2.22. The predicted molar refractivity (Wildman–Crippen MR) is 72.4 cm³/mol. The Balaban J connectivity index is 2.75. The molecule has 0 aromatic heterocycles. The fourth-order valence-electron chi connectivity index (χ4n) is 2.23. The lowest BCUT2D eigenvalue weighted by Gasteiger charge is -2.35. The Morgan fingerprint density at radius 1 is 1.33 bits per heavy atom. The molecule has 1 heterocycles. The van der Waals surface area contributed by atoms with E-state index in [0.717, 1.165) is 12.8 Å². The molecule has 0 bridgehead atoms. The molecular weight excluding hydrogens is 252 g/mol. The van der Waals surface area contributed by atoms with Gasteiger partial charge in [-0.25, -0.2) is 0 Å². The minimum atomic E-state index is -3.36. The summed E-state index contributed by atoms with van der Waals surface area (Å²) in [6.07, 6.45) is 2.36. The van der Waals surface area contributed by atoms with Crippen molar-refractivity contribution in [2.75, 3.05) is 26.2 Å². The second kappa shape index (κ2) is 6.84. The largest absolute Gasteiger partial charge is 0.396 e. The normalized spacial score (nSPS) is 19.9. The SMILES string of the molecule is CC1CCN(S(=O)(=O)N(CCCO)C(C)C)CC1. The van der Waals surface area contributed by atoms with Crippen LogP contribution in [0, 0.1) is 5.92 Å². The molecule has 1 aliphatic rings. The zero-order chi connectivity index (χ0) is 13.8. The lowest BCUT2D eigenvalue weighted by molar-refractivity contribution is 0.232. The lowest BCUT2D eigenvalue weighted by Crippen LogP contribution is -2.49. The van der Waals surface area contributed by atoms with E-state index in [1.807, 2.05) is 13.8 Å². The van der Waals surface area contributed by atoms with E-state index in [1.165, 1.54) is 4.31 Å². The van der Waals surface area contributed by atoms with Crippen LogP contribution in [0.4, 0.5) is 0 Å². The lowest BCUT2D eigenvalue weighted by atomic mass is 10.0. The van der Waals surface area contributed by atoms with Crippen LogP contribution in [0.5, 0.6) is 0 Å². The molecular formula is C12H26N2O3S.